The molecule has 4 aromatic rings. The van der Waals surface area contributed by atoms with Crippen molar-refractivity contribution in [3.05, 3.63) is 107 Å². The van der Waals surface area contributed by atoms with Crippen molar-refractivity contribution in [1.29, 1.82) is 0 Å². The highest BCUT2D eigenvalue weighted by atomic mass is 32.2. The van der Waals surface area contributed by atoms with E-state index in [2.05, 4.69) is 49.0 Å². The van der Waals surface area contributed by atoms with Crippen LogP contribution in [0.1, 0.15) is 64.7 Å². The second-order valence-corrected chi connectivity index (χ2v) is 15.4. The third-order valence-corrected chi connectivity index (χ3v) is 11.8. The lowest BCUT2D eigenvalue weighted by molar-refractivity contribution is 0.0827. The summed E-state index contributed by atoms with van der Waals surface area (Å²) in [5, 5.41) is 0.739. The number of carbonyl (C=O) groups excluding carboxylic acids is 1. The van der Waals surface area contributed by atoms with E-state index in [1.807, 2.05) is 36.4 Å². The van der Waals surface area contributed by atoms with Gasteiger partial charge in [-0.1, -0.05) is 42.5 Å². The summed E-state index contributed by atoms with van der Waals surface area (Å²) in [6.45, 7) is 8.40. The topological polar surface area (TPSA) is 75.5 Å². The Hall–Kier alpha value is -4.01. The summed E-state index contributed by atoms with van der Waals surface area (Å²) in [7, 11) is 1.68. The van der Waals surface area contributed by atoms with Crippen LogP contribution in [-0.2, 0) is 10.0 Å². The molecule has 0 spiro atoms. The average molecular weight is 623 g/mol. The lowest BCUT2D eigenvalue weighted by atomic mass is 9.82. The first-order chi connectivity index (χ1) is 21.4. The number of benzene rings is 2. The van der Waals surface area contributed by atoms with E-state index >= 15 is 0 Å². The number of likely N-dealkylation sites (tertiary alicyclic amines) is 1. The molecule has 3 heterocycles. The predicted molar refractivity (Wildman–Crippen MR) is 183 cm³/mol. The minimum atomic E-state index is -3.94. The van der Waals surface area contributed by atoms with Crippen LogP contribution in [-0.4, -0.2) is 72.1 Å². The third kappa shape index (κ3) is 5.55. The van der Waals surface area contributed by atoms with E-state index in [0.29, 0.717) is 23.5 Å². The molecule has 0 bridgehead atoms. The number of nitrogens with zero attached hydrogens (tertiary/aromatic N) is 4. The predicted octanol–water partition coefficient (Wildman–Crippen LogP) is 6.81. The Morgan fingerprint density at radius 1 is 1.00 bits per heavy atom. The minimum absolute atomic E-state index is 0.0871. The van der Waals surface area contributed by atoms with E-state index in [1.165, 1.54) is 25.6 Å². The van der Waals surface area contributed by atoms with Crippen LogP contribution in [0, 0.1) is 13.8 Å². The first kappa shape index (κ1) is 31.0. The molecule has 1 aliphatic carbocycles. The molecule has 1 fully saturated rings. The van der Waals surface area contributed by atoms with Gasteiger partial charge >= 0.3 is 0 Å². The SMILES string of the molecule is Cc1cc(C2=CC(C)(S(=O)(=O)n3cc(-c4ccc(C(=O)N(C)C)cc4)c4cccnc43)CC=C2)cc(C)c1C1CCN(C)CC1. The molecule has 7 nitrogen and oxygen atoms in total. The zero-order chi connectivity index (χ0) is 32.1. The van der Waals surface area contributed by atoms with Crippen molar-refractivity contribution >= 4 is 32.5 Å². The van der Waals surface area contributed by atoms with Gasteiger partial charge in [-0.15, -0.1) is 0 Å². The van der Waals surface area contributed by atoms with Crippen LogP contribution < -0.4 is 0 Å². The van der Waals surface area contributed by atoms with Crippen molar-refractivity contribution in [1.82, 2.24) is 18.8 Å². The number of amides is 1. The summed E-state index contributed by atoms with van der Waals surface area (Å²) in [4.78, 5) is 20.9. The van der Waals surface area contributed by atoms with Crippen LogP contribution in [0.5, 0.6) is 0 Å². The van der Waals surface area contributed by atoms with Gasteiger partial charge in [0.15, 0.2) is 5.65 Å². The second kappa shape index (κ2) is 11.7. The first-order valence-corrected chi connectivity index (χ1v) is 17.1. The van der Waals surface area contributed by atoms with Crippen molar-refractivity contribution < 1.29 is 13.2 Å². The molecule has 2 aromatic heterocycles. The lowest BCUT2D eigenvalue weighted by Gasteiger charge is -2.32. The van der Waals surface area contributed by atoms with Crippen molar-refractivity contribution in [2.24, 2.45) is 0 Å². The zero-order valence-corrected chi connectivity index (χ0v) is 27.9. The van der Waals surface area contributed by atoms with Gasteiger partial charge in [-0.3, -0.25) is 4.79 Å². The summed E-state index contributed by atoms with van der Waals surface area (Å²) >= 11 is 0. The van der Waals surface area contributed by atoms with Crippen LogP contribution in [0.2, 0.25) is 0 Å². The zero-order valence-electron chi connectivity index (χ0n) is 27.0. The summed E-state index contributed by atoms with van der Waals surface area (Å²) in [5.74, 6) is 0.473. The fourth-order valence-electron chi connectivity index (χ4n) is 7.02. The molecule has 1 amide bonds. The van der Waals surface area contributed by atoms with Gasteiger partial charge in [0.05, 0.1) is 0 Å². The quantitative estimate of drug-likeness (QED) is 0.236. The third-order valence-electron chi connectivity index (χ3n) is 9.56. The van der Waals surface area contributed by atoms with Gasteiger partial charge in [0.1, 0.15) is 4.75 Å². The molecule has 2 aliphatic rings. The minimum Gasteiger partial charge on any atom is -0.345 e. The van der Waals surface area contributed by atoms with Crippen LogP contribution in [0.15, 0.2) is 79.2 Å². The molecule has 6 rings (SSSR count). The summed E-state index contributed by atoms with van der Waals surface area (Å²) in [5.41, 5.74) is 8.47. The number of piperidine rings is 1. The Labute approximate surface area is 266 Å². The molecule has 0 N–H and O–H groups in total. The smallest absolute Gasteiger partial charge is 0.253 e. The summed E-state index contributed by atoms with van der Waals surface area (Å²) in [6.07, 6.45) is 11.9. The Morgan fingerprint density at radius 2 is 1.67 bits per heavy atom. The van der Waals surface area contributed by atoms with E-state index in [9.17, 15) is 13.2 Å². The van der Waals surface area contributed by atoms with Gasteiger partial charge < -0.3 is 9.80 Å². The standard InChI is InChI=1S/C37H42N4O3S/c1-25-21-31(22-26(2)34(25)28-15-19-40(6)20-16-28)30-9-7-17-37(3,23-30)45(43,44)41-24-33(32-10-8-18-38-35(32)41)27-11-13-29(14-12-27)36(42)39(4)5/h7-14,18,21-24,28H,15-17,19-20H2,1-6H3. The van der Waals surface area contributed by atoms with E-state index in [1.54, 1.807) is 45.5 Å². The van der Waals surface area contributed by atoms with Gasteiger partial charge in [-0.25, -0.2) is 17.4 Å². The number of aromatic nitrogens is 2. The van der Waals surface area contributed by atoms with Crippen LogP contribution in [0.4, 0.5) is 0 Å². The van der Waals surface area contributed by atoms with E-state index in [-0.39, 0.29) is 5.91 Å². The van der Waals surface area contributed by atoms with Crippen LogP contribution in [0.3, 0.4) is 0 Å². The maximum absolute atomic E-state index is 14.6. The molecule has 0 radical (unpaired) electrons. The number of aryl methyl sites for hydroxylation is 2. The van der Waals surface area contributed by atoms with Crippen LogP contribution >= 0.6 is 0 Å². The van der Waals surface area contributed by atoms with Crippen molar-refractivity contribution in [3.8, 4) is 11.1 Å². The Bertz CT molecular complexity index is 1920. The summed E-state index contributed by atoms with van der Waals surface area (Å²) in [6, 6.07) is 15.4. The first-order valence-electron chi connectivity index (χ1n) is 15.6. The van der Waals surface area contributed by atoms with Gasteiger partial charge in [0, 0.05) is 43.0 Å². The number of fused-ring (bicyclic) bond motifs is 1. The van der Waals surface area contributed by atoms with E-state index < -0.39 is 14.8 Å². The highest BCUT2D eigenvalue weighted by Crippen LogP contribution is 2.40. The number of carbonyl (C=O) groups is 1. The van der Waals surface area contributed by atoms with Gasteiger partial charge in [-0.05, 0) is 124 Å². The molecule has 45 heavy (non-hydrogen) atoms. The molecule has 8 heteroatoms. The number of hydrogen-bond donors (Lipinski definition) is 0. The van der Waals surface area contributed by atoms with Gasteiger partial charge in [-0.2, -0.15) is 0 Å². The molecule has 2 aromatic carbocycles. The maximum Gasteiger partial charge on any atom is 0.253 e. The Morgan fingerprint density at radius 3 is 2.31 bits per heavy atom. The highest BCUT2D eigenvalue weighted by Gasteiger charge is 2.41. The van der Waals surface area contributed by atoms with E-state index in [4.69, 9.17) is 0 Å². The normalized spacial score (nSPS) is 19.6. The monoisotopic (exact) mass is 622 g/mol. The molecule has 0 saturated carbocycles. The van der Waals surface area contributed by atoms with Gasteiger partial charge in [0.25, 0.3) is 5.91 Å². The number of rotatable bonds is 6. The molecular formula is C37H42N4O3S. The fourth-order valence-corrected chi connectivity index (χ4v) is 8.67. The van der Waals surface area contributed by atoms with Crippen molar-refractivity contribution in [2.45, 2.75) is 50.7 Å². The molecule has 1 atom stereocenters. The highest BCUT2D eigenvalue weighted by molar-refractivity contribution is 7.91. The molecule has 1 saturated heterocycles. The maximum atomic E-state index is 14.6. The fraction of sp³-hybridized carbons (Fsp3) is 0.351. The molecule has 1 unspecified atom stereocenters. The Balaban J connectivity index is 1.38. The van der Waals surface area contributed by atoms with Crippen molar-refractivity contribution in [3.63, 3.8) is 0 Å². The number of pyridine rings is 1. The summed E-state index contributed by atoms with van der Waals surface area (Å²) < 4.78 is 29.3. The second-order valence-electron chi connectivity index (χ2n) is 13.1. The number of hydrogen-bond acceptors (Lipinski definition) is 5. The largest absolute Gasteiger partial charge is 0.345 e. The Kier molecular flexibility index (Phi) is 8.08. The van der Waals surface area contributed by atoms with Gasteiger partial charge in [0.2, 0.25) is 10.0 Å². The molecule has 234 valence electrons. The number of allylic oxidation sites excluding steroid dienone is 3. The lowest BCUT2D eigenvalue weighted by Crippen LogP contribution is -2.38. The average Bonchev–Trinajstić information content (AvgIpc) is 3.42. The molecular weight excluding hydrogens is 580 g/mol. The van der Waals surface area contributed by atoms with Crippen molar-refractivity contribution in [2.75, 3.05) is 34.2 Å². The van der Waals surface area contributed by atoms with E-state index in [0.717, 1.165) is 53.6 Å². The molecule has 1 aliphatic heterocycles. The van der Waals surface area contributed by atoms with Crippen LogP contribution in [0.25, 0.3) is 27.7 Å².